The third kappa shape index (κ3) is 2.72. The summed E-state index contributed by atoms with van der Waals surface area (Å²) in [7, 11) is 3.38. The molecule has 0 radical (unpaired) electrons. The van der Waals surface area contributed by atoms with Crippen LogP contribution in [0.5, 0.6) is 5.75 Å². The third-order valence-corrected chi connectivity index (χ3v) is 2.60. The van der Waals surface area contributed by atoms with E-state index in [1.165, 1.54) is 0 Å². The number of hydrogen-bond acceptors (Lipinski definition) is 2. The Balaban J connectivity index is 2.84. The Kier molecular flexibility index (Phi) is 4.42. The number of ether oxygens (including phenoxy) is 2. The van der Waals surface area contributed by atoms with Crippen LogP contribution in [0.2, 0.25) is 0 Å². The average Bonchev–Trinajstić information content (AvgIpc) is 2.19. The molecule has 0 aromatic heterocycles. The third-order valence-electron chi connectivity index (χ3n) is 2.12. The van der Waals surface area contributed by atoms with Gasteiger partial charge in [-0.05, 0) is 24.6 Å². The fraction of sp³-hybridized carbons (Fsp3) is 0.455. The molecule has 0 saturated heterocycles. The molecular formula is C11H15BrO2. The van der Waals surface area contributed by atoms with Crippen LogP contribution in [0.25, 0.3) is 0 Å². The van der Waals surface area contributed by atoms with Crippen molar-refractivity contribution in [2.24, 2.45) is 0 Å². The molecule has 2 unspecified atom stereocenters. The van der Waals surface area contributed by atoms with E-state index in [4.69, 9.17) is 9.47 Å². The molecule has 1 aromatic carbocycles. The van der Waals surface area contributed by atoms with Gasteiger partial charge in [0.15, 0.2) is 0 Å². The Hall–Kier alpha value is -0.540. The monoisotopic (exact) mass is 258 g/mol. The van der Waals surface area contributed by atoms with E-state index in [0.29, 0.717) is 4.83 Å². The molecule has 1 rings (SSSR count). The van der Waals surface area contributed by atoms with Crippen LogP contribution >= 0.6 is 15.9 Å². The number of alkyl halides is 1. The summed E-state index contributed by atoms with van der Waals surface area (Å²) in [6.07, 6.45) is 0.0842. The Morgan fingerprint density at radius 3 is 2.07 bits per heavy atom. The lowest BCUT2D eigenvalue weighted by molar-refractivity contribution is 0.106. The first-order valence-electron chi connectivity index (χ1n) is 4.50. The zero-order valence-electron chi connectivity index (χ0n) is 8.66. The van der Waals surface area contributed by atoms with E-state index in [1.807, 2.05) is 24.3 Å². The van der Waals surface area contributed by atoms with Gasteiger partial charge in [-0.15, -0.1) is 0 Å². The largest absolute Gasteiger partial charge is 0.497 e. The second-order valence-electron chi connectivity index (χ2n) is 3.11. The van der Waals surface area contributed by atoms with Crippen LogP contribution in [0.1, 0.15) is 18.6 Å². The summed E-state index contributed by atoms with van der Waals surface area (Å²) in [5.74, 6) is 0.867. The first-order valence-corrected chi connectivity index (χ1v) is 5.41. The van der Waals surface area contributed by atoms with Crippen molar-refractivity contribution in [2.75, 3.05) is 14.2 Å². The maximum absolute atomic E-state index is 5.38. The van der Waals surface area contributed by atoms with Crippen molar-refractivity contribution in [1.82, 2.24) is 0 Å². The fourth-order valence-corrected chi connectivity index (χ4v) is 1.90. The van der Waals surface area contributed by atoms with Crippen LogP contribution in [0, 0.1) is 0 Å². The normalized spacial score (nSPS) is 14.9. The Morgan fingerprint density at radius 1 is 1.14 bits per heavy atom. The second-order valence-corrected chi connectivity index (χ2v) is 4.55. The molecule has 0 spiro atoms. The molecule has 2 nitrogen and oxygen atoms in total. The minimum Gasteiger partial charge on any atom is -0.497 e. The molecule has 0 aliphatic rings. The van der Waals surface area contributed by atoms with E-state index in [2.05, 4.69) is 22.9 Å². The van der Waals surface area contributed by atoms with Crippen LogP contribution < -0.4 is 4.74 Å². The molecule has 14 heavy (non-hydrogen) atoms. The number of halogens is 1. The SMILES string of the molecule is COc1ccc(C(OC)C(C)Br)cc1. The topological polar surface area (TPSA) is 18.5 Å². The minimum absolute atomic E-state index is 0.0842. The molecule has 0 heterocycles. The molecule has 0 saturated carbocycles. The van der Waals surface area contributed by atoms with Gasteiger partial charge in [0.2, 0.25) is 0 Å². The number of rotatable bonds is 4. The van der Waals surface area contributed by atoms with Crippen molar-refractivity contribution >= 4 is 15.9 Å². The van der Waals surface area contributed by atoms with Gasteiger partial charge in [-0.3, -0.25) is 0 Å². The van der Waals surface area contributed by atoms with Gasteiger partial charge in [0.05, 0.1) is 13.2 Å². The molecular weight excluding hydrogens is 244 g/mol. The van der Waals surface area contributed by atoms with Gasteiger partial charge in [-0.2, -0.15) is 0 Å². The average molecular weight is 259 g/mol. The standard InChI is InChI=1S/C11H15BrO2/c1-8(12)11(14-3)9-4-6-10(13-2)7-5-9/h4-8,11H,1-3H3. The molecule has 0 bridgehead atoms. The smallest absolute Gasteiger partial charge is 0.118 e. The highest BCUT2D eigenvalue weighted by molar-refractivity contribution is 9.09. The zero-order valence-corrected chi connectivity index (χ0v) is 10.2. The minimum atomic E-state index is 0.0842. The highest BCUT2D eigenvalue weighted by atomic mass is 79.9. The summed E-state index contributed by atoms with van der Waals surface area (Å²) in [5, 5.41) is 0. The summed E-state index contributed by atoms with van der Waals surface area (Å²) < 4.78 is 10.5. The Morgan fingerprint density at radius 2 is 1.71 bits per heavy atom. The van der Waals surface area contributed by atoms with E-state index in [1.54, 1.807) is 14.2 Å². The second kappa shape index (κ2) is 5.37. The van der Waals surface area contributed by atoms with Gasteiger partial charge in [-0.25, -0.2) is 0 Å². The molecule has 0 amide bonds. The van der Waals surface area contributed by atoms with Gasteiger partial charge in [0.1, 0.15) is 5.75 Å². The van der Waals surface area contributed by atoms with Gasteiger partial charge >= 0.3 is 0 Å². The van der Waals surface area contributed by atoms with Crippen molar-refractivity contribution in [1.29, 1.82) is 0 Å². The first-order chi connectivity index (χ1) is 6.69. The first kappa shape index (κ1) is 11.5. The predicted molar refractivity (Wildman–Crippen MR) is 61.1 cm³/mol. The van der Waals surface area contributed by atoms with Crippen LogP contribution in [-0.2, 0) is 4.74 Å². The maximum atomic E-state index is 5.38. The summed E-state index contributed by atoms with van der Waals surface area (Å²) in [6.45, 7) is 2.07. The lowest BCUT2D eigenvalue weighted by Gasteiger charge is -2.18. The number of methoxy groups -OCH3 is 2. The van der Waals surface area contributed by atoms with E-state index < -0.39 is 0 Å². The van der Waals surface area contributed by atoms with Crippen LogP contribution in [0.3, 0.4) is 0 Å². The van der Waals surface area contributed by atoms with Gasteiger partial charge in [0, 0.05) is 11.9 Å². The molecule has 3 heteroatoms. The lowest BCUT2D eigenvalue weighted by atomic mass is 10.1. The van der Waals surface area contributed by atoms with Crippen LogP contribution in [-0.4, -0.2) is 19.0 Å². The van der Waals surface area contributed by atoms with Crippen molar-refractivity contribution in [3.05, 3.63) is 29.8 Å². The molecule has 2 atom stereocenters. The lowest BCUT2D eigenvalue weighted by Crippen LogP contribution is -2.10. The highest BCUT2D eigenvalue weighted by Gasteiger charge is 2.15. The van der Waals surface area contributed by atoms with Crippen molar-refractivity contribution in [3.8, 4) is 5.75 Å². The number of benzene rings is 1. The molecule has 0 aliphatic carbocycles. The van der Waals surface area contributed by atoms with Crippen molar-refractivity contribution < 1.29 is 9.47 Å². The van der Waals surface area contributed by atoms with E-state index in [-0.39, 0.29) is 6.10 Å². The van der Waals surface area contributed by atoms with Gasteiger partial charge in [-0.1, -0.05) is 28.1 Å². The number of hydrogen-bond donors (Lipinski definition) is 0. The molecule has 0 fully saturated rings. The summed E-state index contributed by atoms with van der Waals surface area (Å²) >= 11 is 3.52. The van der Waals surface area contributed by atoms with Gasteiger partial charge < -0.3 is 9.47 Å². The van der Waals surface area contributed by atoms with E-state index >= 15 is 0 Å². The molecule has 0 N–H and O–H groups in total. The quantitative estimate of drug-likeness (QED) is 0.773. The Labute approximate surface area is 93.4 Å². The predicted octanol–water partition coefficient (Wildman–Crippen LogP) is 3.17. The fourth-order valence-electron chi connectivity index (χ4n) is 1.38. The maximum Gasteiger partial charge on any atom is 0.118 e. The van der Waals surface area contributed by atoms with Crippen molar-refractivity contribution in [2.45, 2.75) is 17.9 Å². The van der Waals surface area contributed by atoms with Gasteiger partial charge in [0.25, 0.3) is 0 Å². The van der Waals surface area contributed by atoms with E-state index in [9.17, 15) is 0 Å². The van der Waals surface area contributed by atoms with E-state index in [0.717, 1.165) is 11.3 Å². The van der Waals surface area contributed by atoms with Crippen molar-refractivity contribution in [3.63, 3.8) is 0 Å². The van der Waals surface area contributed by atoms with Crippen LogP contribution in [0.4, 0.5) is 0 Å². The molecule has 78 valence electrons. The summed E-state index contributed by atoms with van der Waals surface area (Å²) in [5.41, 5.74) is 1.15. The molecule has 1 aromatic rings. The highest BCUT2D eigenvalue weighted by Crippen LogP contribution is 2.26. The molecule has 0 aliphatic heterocycles. The summed E-state index contributed by atoms with van der Waals surface area (Å²) in [6, 6.07) is 7.92. The van der Waals surface area contributed by atoms with Crippen LogP contribution in [0.15, 0.2) is 24.3 Å². The summed E-state index contributed by atoms with van der Waals surface area (Å²) in [4.78, 5) is 0.292. The Bertz CT molecular complexity index is 269. The zero-order chi connectivity index (χ0) is 10.6.